The second kappa shape index (κ2) is 8.09. The molecule has 2 heterocycles. The molecule has 0 aliphatic carbocycles. The van der Waals surface area contributed by atoms with Crippen LogP contribution in [0.4, 0.5) is 4.39 Å². The molecule has 1 aromatic carbocycles. The monoisotopic (exact) mass is 354 g/mol. The van der Waals surface area contributed by atoms with Gasteiger partial charge in [0, 0.05) is 26.2 Å². The van der Waals surface area contributed by atoms with E-state index in [0.29, 0.717) is 38.5 Å². The first kappa shape index (κ1) is 18.1. The van der Waals surface area contributed by atoms with E-state index in [1.807, 2.05) is 4.90 Å². The molecule has 138 valence electrons. The van der Waals surface area contributed by atoms with Crippen molar-refractivity contribution in [3.63, 3.8) is 0 Å². The smallest absolute Gasteiger partial charge is 0.260 e. The van der Waals surface area contributed by atoms with Crippen LogP contribution in [0.3, 0.4) is 0 Å². The van der Waals surface area contributed by atoms with Gasteiger partial charge >= 0.3 is 0 Å². The van der Waals surface area contributed by atoms with Gasteiger partial charge in [-0.2, -0.15) is 0 Å². The lowest BCUT2D eigenvalue weighted by Crippen LogP contribution is -2.61. The molecule has 8 heteroatoms. The second-order valence-electron chi connectivity index (χ2n) is 6.32. The van der Waals surface area contributed by atoms with E-state index in [4.69, 9.17) is 9.47 Å². The highest BCUT2D eigenvalue weighted by molar-refractivity contribution is 5.77. The van der Waals surface area contributed by atoms with Crippen molar-refractivity contribution in [3.05, 3.63) is 30.1 Å². The van der Waals surface area contributed by atoms with Gasteiger partial charge in [0.15, 0.2) is 6.61 Å². The van der Waals surface area contributed by atoms with Crippen molar-refractivity contribution < 1.29 is 28.9 Å². The second-order valence-corrected chi connectivity index (χ2v) is 6.32. The summed E-state index contributed by atoms with van der Waals surface area (Å²) in [6.07, 6.45) is -1.71. The van der Waals surface area contributed by atoms with Crippen LogP contribution in [0.2, 0.25) is 0 Å². The van der Waals surface area contributed by atoms with Crippen molar-refractivity contribution in [2.24, 2.45) is 0 Å². The van der Waals surface area contributed by atoms with E-state index < -0.39 is 12.2 Å². The van der Waals surface area contributed by atoms with Gasteiger partial charge in [0.25, 0.3) is 5.91 Å². The molecular formula is C17H23FN2O5. The zero-order chi connectivity index (χ0) is 17.8. The van der Waals surface area contributed by atoms with E-state index in [1.165, 1.54) is 24.3 Å². The summed E-state index contributed by atoms with van der Waals surface area (Å²) in [7, 11) is 0. The van der Waals surface area contributed by atoms with Crippen LogP contribution >= 0.6 is 0 Å². The van der Waals surface area contributed by atoms with Crippen LogP contribution in [0.1, 0.15) is 0 Å². The number of hydrogen-bond acceptors (Lipinski definition) is 6. The van der Waals surface area contributed by atoms with Crippen molar-refractivity contribution in [2.45, 2.75) is 18.2 Å². The quantitative estimate of drug-likeness (QED) is 0.757. The zero-order valence-electron chi connectivity index (χ0n) is 13.9. The molecule has 3 atom stereocenters. The predicted octanol–water partition coefficient (Wildman–Crippen LogP) is -0.531. The van der Waals surface area contributed by atoms with Crippen LogP contribution in [0, 0.1) is 5.82 Å². The molecule has 0 unspecified atom stereocenters. The van der Waals surface area contributed by atoms with Crippen LogP contribution in [0.25, 0.3) is 0 Å². The molecule has 2 aliphatic rings. The SMILES string of the molecule is O=C(COc1ccc(F)cc1)N1CCN([C@@H]2COC[C@@H](O)[C@H]2O)CC1. The summed E-state index contributed by atoms with van der Waals surface area (Å²) in [6, 6.07) is 5.28. The number of carbonyl (C=O) groups excluding carboxylic acids is 1. The van der Waals surface area contributed by atoms with Gasteiger partial charge in [-0.15, -0.1) is 0 Å². The van der Waals surface area contributed by atoms with Gasteiger partial charge in [-0.05, 0) is 24.3 Å². The number of aliphatic hydroxyl groups is 2. The van der Waals surface area contributed by atoms with Crippen molar-refractivity contribution >= 4 is 5.91 Å². The van der Waals surface area contributed by atoms with E-state index in [2.05, 4.69) is 0 Å². The Morgan fingerprint density at radius 2 is 1.84 bits per heavy atom. The Labute approximate surface area is 145 Å². The first-order valence-corrected chi connectivity index (χ1v) is 8.38. The molecule has 0 spiro atoms. The third kappa shape index (κ3) is 4.46. The largest absolute Gasteiger partial charge is 0.484 e. The normalized spacial score (nSPS) is 28.0. The number of ether oxygens (including phenoxy) is 2. The van der Waals surface area contributed by atoms with Gasteiger partial charge in [0.2, 0.25) is 0 Å². The average Bonchev–Trinajstić information content (AvgIpc) is 2.63. The highest BCUT2D eigenvalue weighted by atomic mass is 19.1. The number of hydrogen-bond donors (Lipinski definition) is 2. The molecule has 1 amide bonds. The van der Waals surface area contributed by atoms with Crippen LogP contribution in [0.15, 0.2) is 24.3 Å². The Balaban J connectivity index is 1.45. The standard InChI is InChI=1S/C17H23FN2O5/c18-12-1-3-13(4-2-12)25-11-16(22)20-7-5-19(6-8-20)14-9-24-10-15(21)17(14)23/h1-4,14-15,17,21,23H,5-11H2/t14-,15-,17+/m1/s1. The third-order valence-electron chi connectivity index (χ3n) is 4.68. The van der Waals surface area contributed by atoms with Crippen molar-refractivity contribution in [1.82, 2.24) is 9.80 Å². The average molecular weight is 354 g/mol. The van der Waals surface area contributed by atoms with Gasteiger partial charge in [-0.1, -0.05) is 0 Å². The fourth-order valence-corrected chi connectivity index (χ4v) is 3.15. The van der Waals surface area contributed by atoms with Crippen molar-refractivity contribution in [1.29, 1.82) is 0 Å². The molecule has 0 saturated carbocycles. The Hall–Kier alpha value is -1.74. The number of rotatable bonds is 4. The maximum atomic E-state index is 12.8. The van der Waals surface area contributed by atoms with Crippen LogP contribution in [-0.4, -0.2) is 90.2 Å². The number of benzene rings is 1. The summed E-state index contributed by atoms with van der Waals surface area (Å²) in [4.78, 5) is 16.0. The topological polar surface area (TPSA) is 82.5 Å². The molecule has 1 aromatic rings. The molecule has 2 saturated heterocycles. The van der Waals surface area contributed by atoms with Crippen molar-refractivity contribution in [3.8, 4) is 5.75 Å². The summed E-state index contributed by atoms with van der Waals surface area (Å²) >= 11 is 0. The molecule has 0 aromatic heterocycles. The van der Waals surface area contributed by atoms with Gasteiger partial charge in [-0.3, -0.25) is 9.69 Å². The fourth-order valence-electron chi connectivity index (χ4n) is 3.15. The van der Waals surface area contributed by atoms with Gasteiger partial charge < -0.3 is 24.6 Å². The zero-order valence-corrected chi connectivity index (χ0v) is 13.9. The molecule has 2 fully saturated rings. The minimum Gasteiger partial charge on any atom is -0.484 e. The summed E-state index contributed by atoms with van der Waals surface area (Å²) < 4.78 is 23.5. The number of nitrogens with zero attached hydrogens (tertiary/aromatic N) is 2. The molecule has 7 nitrogen and oxygen atoms in total. The molecule has 3 rings (SSSR count). The lowest BCUT2D eigenvalue weighted by Gasteiger charge is -2.43. The minimum atomic E-state index is -0.873. The van der Waals surface area contributed by atoms with Gasteiger partial charge in [0.05, 0.1) is 25.4 Å². The summed E-state index contributed by atoms with van der Waals surface area (Å²) in [5.74, 6) is -0.0388. The Kier molecular flexibility index (Phi) is 5.85. The molecule has 0 bridgehead atoms. The highest BCUT2D eigenvalue weighted by Gasteiger charge is 2.37. The van der Waals surface area contributed by atoms with E-state index in [1.54, 1.807) is 4.90 Å². The molecule has 25 heavy (non-hydrogen) atoms. The summed E-state index contributed by atoms with van der Waals surface area (Å²) in [6.45, 7) is 2.66. The summed E-state index contributed by atoms with van der Waals surface area (Å²) in [5, 5.41) is 19.8. The Bertz CT molecular complexity index is 577. The number of amides is 1. The lowest BCUT2D eigenvalue weighted by atomic mass is 10.0. The maximum absolute atomic E-state index is 12.8. The lowest BCUT2D eigenvalue weighted by molar-refractivity contribution is -0.145. The highest BCUT2D eigenvalue weighted by Crippen LogP contribution is 2.17. The van der Waals surface area contributed by atoms with Crippen LogP contribution < -0.4 is 4.74 Å². The number of carbonyl (C=O) groups is 1. The van der Waals surface area contributed by atoms with E-state index in [-0.39, 0.29) is 31.0 Å². The van der Waals surface area contributed by atoms with E-state index in [9.17, 15) is 19.4 Å². The first-order valence-electron chi connectivity index (χ1n) is 8.38. The molecule has 2 aliphatic heterocycles. The fraction of sp³-hybridized carbons (Fsp3) is 0.588. The number of halogens is 1. The maximum Gasteiger partial charge on any atom is 0.260 e. The molecule has 2 N–H and O–H groups in total. The van der Waals surface area contributed by atoms with Crippen LogP contribution in [0.5, 0.6) is 5.75 Å². The number of piperazine rings is 1. The van der Waals surface area contributed by atoms with Gasteiger partial charge in [0.1, 0.15) is 17.7 Å². The van der Waals surface area contributed by atoms with Crippen molar-refractivity contribution in [2.75, 3.05) is 46.0 Å². The molecule has 0 radical (unpaired) electrons. The van der Waals surface area contributed by atoms with E-state index in [0.717, 1.165) is 0 Å². The molecular weight excluding hydrogens is 331 g/mol. The first-order chi connectivity index (χ1) is 12.0. The third-order valence-corrected chi connectivity index (χ3v) is 4.68. The Morgan fingerprint density at radius 1 is 1.16 bits per heavy atom. The summed E-state index contributed by atoms with van der Waals surface area (Å²) in [5.41, 5.74) is 0. The van der Waals surface area contributed by atoms with E-state index >= 15 is 0 Å². The Morgan fingerprint density at radius 3 is 2.52 bits per heavy atom. The van der Waals surface area contributed by atoms with Crippen LogP contribution in [-0.2, 0) is 9.53 Å². The van der Waals surface area contributed by atoms with Gasteiger partial charge in [-0.25, -0.2) is 4.39 Å². The minimum absolute atomic E-state index is 0.0977. The number of aliphatic hydroxyl groups excluding tert-OH is 2. The predicted molar refractivity (Wildman–Crippen MR) is 86.7 cm³/mol.